The molecule has 0 aromatic heterocycles. The van der Waals surface area contributed by atoms with Crippen LogP contribution in [0.25, 0.3) is 0 Å². The third-order valence-electron chi connectivity index (χ3n) is 8.94. The fourth-order valence-electron chi connectivity index (χ4n) is 5.65. The van der Waals surface area contributed by atoms with Gasteiger partial charge in [-0.25, -0.2) is 0 Å². The molecule has 0 aliphatic heterocycles. The summed E-state index contributed by atoms with van der Waals surface area (Å²) in [5, 5.41) is 0.214. The average molecular weight is 439 g/mol. The number of hydrogen-bond donors (Lipinski definition) is 0. The van der Waals surface area contributed by atoms with E-state index < -0.39 is 22.2 Å². The van der Waals surface area contributed by atoms with Crippen LogP contribution in [-0.2, 0) is 13.6 Å². The van der Waals surface area contributed by atoms with Gasteiger partial charge in [0, 0.05) is 18.9 Å². The van der Waals surface area contributed by atoms with E-state index in [0.29, 0.717) is 24.0 Å². The molecule has 3 nitrogen and oxygen atoms in total. The van der Waals surface area contributed by atoms with E-state index in [9.17, 15) is 4.79 Å². The number of fused-ring (bicyclic) bond motifs is 2. The van der Waals surface area contributed by atoms with Crippen molar-refractivity contribution in [3.05, 3.63) is 12.7 Å². The summed E-state index contributed by atoms with van der Waals surface area (Å²) in [4.78, 5) is 13.1. The zero-order valence-electron chi connectivity index (χ0n) is 20.6. The first-order valence-corrected chi connectivity index (χ1v) is 17.3. The molecule has 0 spiro atoms. The molecule has 0 aromatic rings. The molecule has 0 N–H and O–H groups in total. The Bertz CT molecular complexity index is 597. The molecule has 2 saturated carbocycles. The molecule has 0 saturated heterocycles. The van der Waals surface area contributed by atoms with Crippen molar-refractivity contribution in [2.24, 2.45) is 23.7 Å². The van der Waals surface area contributed by atoms with Gasteiger partial charge in [-0.2, -0.15) is 0 Å². The summed E-state index contributed by atoms with van der Waals surface area (Å²) in [5.41, 5.74) is -0.438. The first-order chi connectivity index (χ1) is 13.3. The Labute approximate surface area is 182 Å². The molecule has 0 radical (unpaired) electrons. The average Bonchev–Trinajstić information content (AvgIpc) is 3.05. The van der Waals surface area contributed by atoms with Gasteiger partial charge in [-0.3, -0.25) is 4.79 Å². The minimum Gasteiger partial charge on any atom is -0.417 e. The van der Waals surface area contributed by atoms with E-state index in [1.165, 1.54) is 0 Å². The fourth-order valence-corrected chi connectivity index (χ4v) is 9.76. The summed E-state index contributed by atoms with van der Waals surface area (Å²) in [6.07, 6.45) is 3.65. The second-order valence-corrected chi connectivity index (χ2v) is 20.6. The molecule has 0 heterocycles. The molecule has 0 amide bonds. The van der Waals surface area contributed by atoms with Gasteiger partial charge < -0.3 is 8.85 Å². The van der Waals surface area contributed by atoms with Crippen LogP contribution in [0.2, 0.25) is 36.3 Å². The Balaban J connectivity index is 2.24. The summed E-state index contributed by atoms with van der Waals surface area (Å²) in [7, 11) is -3.61. The van der Waals surface area contributed by atoms with Crippen molar-refractivity contribution in [3.8, 4) is 0 Å². The van der Waals surface area contributed by atoms with Crippen LogP contribution in [0.5, 0.6) is 0 Å². The summed E-state index contributed by atoms with van der Waals surface area (Å²) >= 11 is 0. The molecule has 2 bridgehead atoms. The van der Waals surface area contributed by atoms with Crippen molar-refractivity contribution in [3.63, 3.8) is 0 Å². The van der Waals surface area contributed by atoms with E-state index in [0.717, 1.165) is 31.2 Å². The van der Waals surface area contributed by atoms with E-state index in [-0.39, 0.29) is 16.9 Å². The maximum absolute atomic E-state index is 13.1. The Morgan fingerprint density at radius 1 is 1.17 bits per heavy atom. The van der Waals surface area contributed by atoms with Crippen molar-refractivity contribution in [1.82, 2.24) is 0 Å². The van der Waals surface area contributed by atoms with Crippen LogP contribution in [0.1, 0.15) is 61.3 Å². The van der Waals surface area contributed by atoms with E-state index in [4.69, 9.17) is 8.85 Å². The summed E-state index contributed by atoms with van der Waals surface area (Å²) < 4.78 is 13.6. The smallest absolute Gasteiger partial charge is 0.193 e. The predicted molar refractivity (Wildman–Crippen MR) is 128 cm³/mol. The van der Waals surface area contributed by atoms with Gasteiger partial charge in [-0.05, 0) is 54.5 Å². The molecule has 5 heteroatoms. The molecule has 0 aromatic carbocycles. The lowest BCUT2D eigenvalue weighted by atomic mass is 9.78. The van der Waals surface area contributed by atoms with E-state index in [1.54, 1.807) is 0 Å². The van der Waals surface area contributed by atoms with E-state index in [2.05, 4.69) is 68.1 Å². The lowest BCUT2D eigenvalue weighted by molar-refractivity contribution is -0.125. The number of carbonyl (C=O) groups excluding carboxylic acids is 1. The summed E-state index contributed by atoms with van der Waals surface area (Å²) in [5.74, 6) is 1.49. The van der Waals surface area contributed by atoms with Crippen molar-refractivity contribution in [2.45, 2.75) is 103 Å². The van der Waals surface area contributed by atoms with Crippen molar-refractivity contribution in [2.75, 3.05) is 6.61 Å². The van der Waals surface area contributed by atoms with Gasteiger partial charge in [0.15, 0.2) is 16.6 Å². The molecular weight excluding hydrogens is 392 g/mol. The van der Waals surface area contributed by atoms with Gasteiger partial charge in [0.2, 0.25) is 0 Å². The quantitative estimate of drug-likeness (QED) is 0.277. The topological polar surface area (TPSA) is 35.5 Å². The first-order valence-electron chi connectivity index (χ1n) is 11.8. The molecule has 0 unspecified atom stereocenters. The molecule has 5 atom stereocenters. The second kappa shape index (κ2) is 8.72. The van der Waals surface area contributed by atoms with Gasteiger partial charge in [-0.15, -0.1) is 6.58 Å². The highest BCUT2D eigenvalue weighted by molar-refractivity contribution is 6.74. The highest BCUT2D eigenvalue weighted by Gasteiger charge is 2.66. The highest BCUT2D eigenvalue weighted by Crippen LogP contribution is 2.61. The van der Waals surface area contributed by atoms with Crippen LogP contribution in [0.3, 0.4) is 0 Å². The van der Waals surface area contributed by atoms with E-state index in [1.807, 2.05) is 6.08 Å². The third-order valence-corrected chi connectivity index (χ3v) is 18.1. The Morgan fingerprint density at radius 3 is 2.17 bits per heavy atom. The number of hydrogen-bond acceptors (Lipinski definition) is 3. The monoisotopic (exact) mass is 438 g/mol. The van der Waals surface area contributed by atoms with E-state index >= 15 is 0 Å². The van der Waals surface area contributed by atoms with Gasteiger partial charge in [0.05, 0.1) is 11.5 Å². The van der Waals surface area contributed by atoms with Crippen molar-refractivity contribution >= 4 is 22.4 Å². The van der Waals surface area contributed by atoms with Crippen LogP contribution < -0.4 is 0 Å². The normalized spacial score (nSPS) is 32.8. The molecular formula is C24H46O3Si2. The minimum absolute atomic E-state index is 0.0282. The highest BCUT2D eigenvalue weighted by atomic mass is 28.4. The standard InChI is InChI=1S/C24H46O3Si2/c1-11-24(27-29(12-2,13-3)14-4)20-17-21(25)22(24)19(18(20)5)15-16-26-28(9,10)23(6,7)8/h11,18-20,22H,1,12-17H2,2-10H3/t18-,19-,20+,22+,24-/m0/s1. The summed E-state index contributed by atoms with van der Waals surface area (Å²) in [6.45, 7) is 25.6. The molecule has 2 aliphatic rings. The van der Waals surface area contributed by atoms with Gasteiger partial charge in [0.25, 0.3) is 0 Å². The first kappa shape index (κ1) is 25.0. The van der Waals surface area contributed by atoms with Crippen LogP contribution >= 0.6 is 0 Å². The van der Waals surface area contributed by atoms with Crippen molar-refractivity contribution < 1.29 is 13.6 Å². The number of rotatable bonds is 10. The maximum atomic E-state index is 13.1. The molecule has 2 aliphatic carbocycles. The molecule has 2 fully saturated rings. The zero-order chi connectivity index (χ0) is 22.3. The van der Waals surface area contributed by atoms with Crippen LogP contribution in [0, 0.1) is 23.7 Å². The lowest BCUT2D eigenvalue weighted by Gasteiger charge is -2.42. The minimum atomic E-state index is -1.84. The van der Waals surface area contributed by atoms with Gasteiger partial charge in [0.1, 0.15) is 5.78 Å². The fraction of sp³-hybridized carbons (Fsp3) is 0.875. The number of ketones is 1. The molecule has 168 valence electrons. The SMILES string of the molecule is C=C[C@]1(O[Si](CC)(CC)CC)[C@@H]2CC(=O)[C@H]1[C@@H](CCO[Si](C)(C)C(C)(C)C)[C@@H]2C. The second-order valence-electron chi connectivity index (χ2n) is 11.1. The Kier molecular flexibility index (Phi) is 7.52. The maximum Gasteiger partial charge on any atom is 0.193 e. The Morgan fingerprint density at radius 2 is 1.72 bits per heavy atom. The van der Waals surface area contributed by atoms with Gasteiger partial charge >= 0.3 is 0 Å². The van der Waals surface area contributed by atoms with Crippen LogP contribution in [-0.4, -0.2) is 34.6 Å². The number of carbonyl (C=O) groups is 1. The molecule has 2 rings (SSSR count). The summed E-state index contributed by atoms with van der Waals surface area (Å²) in [6, 6.07) is 3.32. The lowest BCUT2D eigenvalue weighted by Crippen LogP contribution is -2.50. The number of Topliss-reactive ketones (excluding diaryl/α,β-unsaturated/α-hetero) is 1. The van der Waals surface area contributed by atoms with Crippen LogP contribution in [0.4, 0.5) is 0 Å². The van der Waals surface area contributed by atoms with Crippen molar-refractivity contribution in [1.29, 1.82) is 0 Å². The predicted octanol–water partition coefficient (Wildman–Crippen LogP) is 6.82. The molecule has 29 heavy (non-hydrogen) atoms. The van der Waals surface area contributed by atoms with Crippen LogP contribution in [0.15, 0.2) is 12.7 Å². The largest absolute Gasteiger partial charge is 0.417 e. The zero-order valence-corrected chi connectivity index (χ0v) is 22.6. The Hall–Kier alpha value is -0.236. The van der Waals surface area contributed by atoms with Gasteiger partial charge in [-0.1, -0.05) is 54.5 Å². The third kappa shape index (κ3) is 4.26.